The normalized spacial score (nSPS) is 21.3. The van der Waals surface area contributed by atoms with E-state index in [9.17, 15) is 19.2 Å². The first-order valence-corrected chi connectivity index (χ1v) is 12.2. The van der Waals surface area contributed by atoms with Crippen LogP contribution in [-0.2, 0) is 29.3 Å². The minimum Gasteiger partial charge on any atom is -0.497 e. The fourth-order valence-electron chi connectivity index (χ4n) is 5.57. The fraction of sp³-hybridized carbons (Fsp3) is 0.200. The van der Waals surface area contributed by atoms with Gasteiger partial charge in [0, 0.05) is 22.7 Å². The summed E-state index contributed by atoms with van der Waals surface area (Å²) in [7, 11) is 3.93. The lowest BCUT2D eigenvalue weighted by Crippen LogP contribution is -2.49. The Morgan fingerprint density at radius 3 is 2.15 bits per heavy atom. The molecule has 0 unspecified atom stereocenters. The molecule has 0 bridgehead atoms. The van der Waals surface area contributed by atoms with Crippen LogP contribution in [0.1, 0.15) is 17.0 Å². The second-order valence-corrected chi connectivity index (χ2v) is 9.17. The topological polar surface area (TPSA) is 111 Å². The Morgan fingerprint density at radius 1 is 0.872 bits per heavy atom. The van der Waals surface area contributed by atoms with Gasteiger partial charge in [-0.1, -0.05) is 54.6 Å². The first-order chi connectivity index (χ1) is 18.9. The molecular formula is C30H26N2O7. The molecule has 198 valence electrons. The van der Waals surface area contributed by atoms with Crippen molar-refractivity contribution in [2.24, 2.45) is 5.92 Å². The van der Waals surface area contributed by atoms with Crippen LogP contribution in [0.2, 0.25) is 0 Å². The Kier molecular flexibility index (Phi) is 6.66. The van der Waals surface area contributed by atoms with E-state index in [0.717, 1.165) is 4.90 Å². The molecule has 3 atom stereocenters. The van der Waals surface area contributed by atoms with Gasteiger partial charge in [0.15, 0.2) is 0 Å². The van der Waals surface area contributed by atoms with E-state index in [1.165, 1.54) is 27.4 Å². The third-order valence-electron chi connectivity index (χ3n) is 7.25. The maximum absolute atomic E-state index is 14.5. The molecule has 1 N–H and O–H groups in total. The van der Waals surface area contributed by atoms with Crippen molar-refractivity contribution in [1.29, 1.82) is 0 Å². The van der Waals surface area contributed by atoms with Gasteiger partial charge in [0.2, 0.25) is 0 Å². The average Bonchev–Trinajstić information content (AvgIpc) is 3.46. The van der Waals surface area contributed by atoms with Crippen LogP contribution < -0.4 is 15.0 Å². The summed E-state index contributed by atoms with van der Waals surface area (Å²) in [5.41, 5.74) is 0.0601. The van der Waals surface area contributed by atoms with E-state index in [1.54, 1.807) is 78.9 Å². The Bertz CT molecular complexity index is 1490. The summed E-state index contributed by atoms with van der Waals surface area (Å²) >= 11 is 0. The molecule has 9 nitrogen and oxygen atoms in total. The van der Waals surface area contributed by atoms with Gasteiger partial charge < -0.3 is 19.5 Å². The number of nitrogens with one attached hydrogen (secondary N) is 1. The maximum Gasteiger partial charge on any atom is 0.334 e. The van der Waals surface area contributed by atoms with E-state index in [0.29, 0.717) is 22.6 Å². The minimum absolute atomic E-state index is 0.117. The quantitative estimate of drug-likeness (QED) is 0.496. The number of imide groups is 1. The van der Waals surface area contributed by atoms with Crippen molar-refractivity contribution in [2.75, 3.05) is 31.5 Å². The van der Waals surface area contributed by atoms with Crippen LogP contribution in [0.25, 0.3) is 0 Å². The highest BCUT2D eigenvalue weighted by molar-refractivity contribution is 6.27. The Hall–Kier alpha value is -4.92. The van der Waals surface area contributed by atoms with E-state index in [2.05, 4.69) is 5.32 Å². The number of ether oxygens (including phenoxy) is 3. The molecule has 5 rings (SSSR count). The van der Waals surface area contributed by atoms with Crippen molar-refractivity contribution < 1.29 is 33.4 Å². The van der Waals surface area contributed by atoms with Crippen LogP contribution >= 0.6 is 0 Å². The highest BCUT2D eigenvalue weighted by Crippen LogP contribution is 2.59. The Balaban J connectivity index is 1.75. The van der Waals surface area contributed by atoms with E-state index in [4.69, 9.17) is 14.2 Å². The zero-order valence-electron chi connectivity index (χ0n) is 21.5. The number of carbonyl (C=O) groups is 4. The summed E-state index contributed by atoms with van der Waals surface area (Å²) in [6.07, 6.45) is 1.45. The third-order valence-corrected chi connectivity index (χ3v) is 7.25. The van der Waals surface area contributed by atoms with Crippen LogP contribution in [0.4, 0.5) is 16.2 Å². The molecule has 0 saturated carbocycles. The predicted octanol–water partition coefficient (Wildman–Crippen LogP) is 4.20. The molecule has 3 aromatic carbocycles. The molecule has 0 fully saturated rings. The van der Waals surface area contributed by atoms with Gasteiger partial charge >= 0.3 is 18.0 Å². The number of hydrogen-bond donors (Lipinski definition) is 1. The van der Waals surface area contributed by atoms with E-state index in [1.807, 2.05) is 0 Å². The van der Waals surface area contributed by atoms with Crippen molar-refractivity contribution in [3.63, 3.8) is 0 Å². The van der Waals surface area contributed by atoms with Crippen LogP contribution in [0.15, 0.2) is 90.5 Å². The molecular weight excluding hydrogens is 500 g/mol. The van der Waals surface area contributed by atoms with Gasteiger partial charge in [0.1, 0.15) is 11.2 Å². The summed E-state index contributed by atoms with van der Waals surface area (Å²) < 4.78 is 15.7. The van der Waals surface area contributed by atoms with Gasteiger partial charge in [0.25, 0.3) is 5.91 Å². The number of fused-ring (bicyclic) bond motifs is 2. The van der Waals surface area contributed by atoms with Crippen molar-refractivity contribution in [3.8, 4) is 5.75 Å². The van der Waals surface area contributed by atoms with Crippen molar-refractivity contribution >= 4 is 35.3 Å². The number of benzene rings is 3. The Morgan fingerprint density at radius 2 is 1.54 bits per heavy atom. The molecule has 9 heteroatoms. The highest BCUT2D eigenvalue weighted by Gasteiger charge is 2.65. The van der Waals surface area contributed by atoms with Gasteiger partial charge in [-0.15, -0.1) is 0 Å². The predicted molar refractivity (Wildman–Crippen MR) is 142 cm³/mol. The summed E-state index contributed by atoms with van der Waals surface area (Å²) in [6.45, 7) is 0. The van der Waals surface area contributed by atoms with Gasteiger partial charge in [-0.3, -0.25) is 9.59 Å². The van der Waals surface area contributed by atoms with Gasteiger partial charge in [-0.2, -0.15) is 0 Å². The van der Waals surface area contributed by atoms with E-state index < -0.39 is 41.1 Å². The number of rotatable bonds is 5. The van der Waals surface area contributed by atoms with Gasteiger partial charge in [-0.25, -0.2) is 14.5 Å². The monoisotopic (exact) mass is 526 g/mol. The van der Waals surface area contributed by atoms with Gasteiger partial charge in [0.05, 0.1) is 32.9 Å². The smallest absolute Gasteiger partial charge is 0.334 e. The summed E-state index contributed by atoms with van der Waals surface area (Å²) in [5, 5.41) is 2.74. The van der Waals surface area contributed by atoms with Gasteiger partial charge in [-0.05, 0) is 35.9 Å². The van der Waals surface area contributed by atoms with E-state index >= 15 is 0 Å². The lowest BCUT2D eigenvalue weighted by molar-refractivity contribution is -0.150. The maximum atomic E-state index is 14.5. The number of para-hydroxylation sites is 1. The van der Waals surface area contributed by atoms with Crippen LogP contribution in [0, 0.1) is 5.92 Å². The summed E-state index contributed by atoms with van der Waals surface area (Å²) in [6, 6.07) is 21.7. The van der Waals surface area contributed by atoms with Crippen molar-refractivity contribution in [2.45, 2.75) is 11.3 Å². The molecule has 39 heavy (non-hydrogen) atoms. The molecule has 3 amide bonds. The molecule has 0 aromatic heterocycles. The minimum atomic E-state index is -1.75. The molecule has 0 radical (unpaired) electrons. The molecule has 2 aliphatic rings. The molecule has 3 aromatic rings. The zero-order chi connectivity index (χ0) is 27.7. The second-order valence-electron chi connectivity index (χ2n) is 9.17. The lowest BCUT2D eigenvalue weighted by atomic mass is 9.69. The molecule has 1 spiro atoms. The third kappa shape index (κ3) is 4.03. The van der Waals surface area contributed by atoms with Crippen molar-refractivity contribution in [3.05, 3.63) is 102 Å². The molecule has 0 saturated heterocycles. The fourth-order valence-corrected chi connectivity index (χ4v) is 5.57. The largest absolute Gasteiger partial charge is 0.497 e. The summed E-state index contributed by atoms with van der Waals surface area (Å²) in [5.74, 6) is -3.80. The number of urea groups is 1. The van der Waals surface area contributed by atoms with Crippen LogP contribution in [-0.4, -0.2) is 45.2 Å². The highest BCUT2D eigenvalue weighted by atomic mass is 16.5. The standard InChI is InChI=1S/C30H26N2O7/c1-37-20-14-15-23-22(16-20)30(28(35)32(23)29(36)31-19-12-8-5-9-13-19)17-21(26(33)38-2)24(25(30)27(34)39-3)18-10-6-4-7-11-18/h4-17,24-25H,1-3H3,(H,31,36)/t24-,25-,30-/m1/s1. The van der Waals surface area contributed by atoms with Crippen LogP contribution in [0.5, 0.6) is 5.75 Å². The number of methoxy groups -OCH3 is 3. The van der Waals surface area contributed by atoms with Crippen molar-refractivity contribution in [1.82, 2.24) is 0 Å². The number of carbonyl (C=O) groups excluding carboxylic acids is 4. The SMILES string of the molecule is COC(=O)C1=C[C@]2(C(=O)N(C(=O)Nc3ccccc3)c3ccc(OC)cc32)[C@@H](C(=O)OC)[C@@H]1c1ccccc1. The van der Waals surface area contributed by atoms with E-state index in [-0.39, 0.29) is 11.3 Å². The zero-order valence-corrected chi connectivity index (χ0v) is 21.5. The number of anilines is 2. The molecule has 1 aliphatic carbocycles. The second kappa shape index (κ2) is 10.1. The Labute approximate surface area is 225 Å². The number of hydrogen-bond acceptors (Lipinski definition) is 7. The lowest BCUT2D eigenvalue weighted by Gasteiger charge is -2.31. The first kappa shape index (κ1) is 25.7. The number of nitrogens with zero attached hydrogens (tertiary/aromatic N) is 1. The number of amides is 3. The first-order valence-electron chi connectivity index (χ1n) is 12.2. The van der Waals surface area contributed by atoms with Crippen LogP contribution in [0.3, 0.4) is 0 Å². The molecule has 1 aliphatic heterocycles. The number of esters is 2. The average molecular weight is 527 g/mol. The summed E-state index contributed by atoms with van der Waals surface area (Å²) in [4.78, 5) is 55.8. The molecule has 1 heterocycles.